The van der Waals surface area contributed by atoms with Crippen molar-refractivity contribution in [2.45, 2.75) is 32.7 Å². The smallest absolute Gasteiger partial charge is 0.131 e. The van der Waals surface area contributed by atoms with Gasteiger partial charge in [-0.05, 0) is 44.4 Å². The van der Waals surface area contributed by atoms with E-state index in [-0.39, 0.29) is 11.9 Å². The van der Waals surface area contributed by atoms with Crippen LogP contribution in [0.5, 0.6) is 5.75 Å². The van der Waals surface area contributed by atoms with Crippen LogP contribution >= 0.6 is 0 Å². The van der Waals surface area contributed by atoms with E-state index in [1.54, 1.807) is 6.07 Å². The van der Waals surface area contributed by atoms with Crippen LogP contribution in [0.3, 0.4) is 0 Å². The lowest BCUT2D eigenvalue weighted by atomic mass is 10.1. The van der Waals surface area contributed by atoms with E-state index in [1.807, 2.05) is 19.9 Å². The number of benzene rings is 1. The summed E-state index contributed by atoms with van der Waals surface area (Å²) in [5.74, 6) is 1.18. The highest BCUT2D eigenvalue weighted by atomic mass is 19.1. The number of hydrogen-bond acceptors (Lipinski definition) is 2. The molecule has 0 radical (unpaired) electrons. The summed E-state index contributed by atoms with van der Waals surface area (Å²) < 4.78 is 19.6. The number of ether oxygens (including phenoxy) is 1. The van der Waals surface area contributed by atoms with E-state index in [0.717, 1.165) is 13.2 Å². The van der Waals surface area contributed by atoms with E-state index in [4.69, 9.17) is 4.74 Å². The van der Waals surface area contributed by atoms with Gasteiger partial charge in [0.05, 0.1) is 6.61 Å². The molecular weight excluding hydrogens is 217 g/mol. The Hall–Kier alpha value is -1.09. The monoisotopic (exact) mass is 237 g/mol. The molecule has 0 bridgehead atoms. The van der Waals surface area contributed by atoms with E-state index < -0.39 is 0 Å². The van der Waals surface area contributed by atoms with Crippen LogP contribution in [0, 0.1) is 11.7 Å². The summed E-state index contributed by atoms with van der Waals surface area (Å²) in [6.07, 6.45) is 2.49. The summed E-state index contributed by atoms with van der Waals surface area (Å²) in [4.78, 5) is 0. The van der Waals surface area contributed by atoms with E-state index >= 15 is 0 Å². The van der Waals surface area contributed by atoms with Crippen LogP contribution in [0.25, 0.3) is 0 Å². The van der Waals surface area contributed by atoms with Gasteiger partial charge in [0.25, 0.3) is 0 Å². The topological polar surface area (TPSA) is 21.3 Å². The Morgan fingerprint density at radius 1 is 1.47 bits per heavy atom. The lowest BCUT2D eigenvalue weighted by Gasteiger charge is -2.18. The van der Waals surface area contributed by atoms with Gasteiger partial charge in [0.1, 0.15) is 11.6 Å². The molecule has 3 heteroatoms. The minimum Gasteiger partial charge on any atom is -0.493 e. The van der Waals surface area contributed by atoms with Crippen molar-refractivity contribution in [3.8, 4) is 5.75 Å². The molecule has 1 saturated carbocycles. The van der Waals surface area contributed by atoms with Gasteiger partial charge in [0.2, 0.25) is 0 Å². The van der Waals surface area contributed by atoms with Crippen molar-refractivity contribution in [3.05, 3.63) is 29.6 Å². The molecule has 0 aliphatic heterocycles. The molecule has 0 amide bonds. The van der Waals surface area contributed by atoms with Gasteiger partial charge in [-0.25, -0.2) is 4.39 Å². The maximum absolute atomic E-state index is 13.8. The molecule has 1 atom stereocenters. The number of nitrogens with one attached hydrogen (secondary N) is 1. The summed E-state index contributed by atoms with van der Waals surface area (Å²) in [5, 5.41) is 3.23. The zero-order valence-electron chi connectivity index (χ0n) is 10.5. The summed E-state index contributed by atoms with van der Waals surface area (Å²) in [5.41, 5.74) is 0.648. The molecule has 1 aliphatic rings. The third-order valence-electron chi connectivity index (χ3n) is 3.13. The Labute approximate surface area is 102 Å². The molecule has 0 saturated heterocycles. The molecule has 2 nitrogen and oxygen atoms in total. The van der Waals surface area contributed by atoms with Gasteiger partial charge < -0.3 is 10.1 Å². The molecule has 2 rings (SSSR count). The third kappa shape index (κ3) is 3.19. The van der Waals surface area contributed by atoms with Crippen LogP contribution < -0.4 is 10.1 Å². The van der Waals surface area contributed by atoms with Crippen molar-refractivity contribution in [2.24, 2.45) is 5.92 Å². The summed E-state index contributed by atoms with van der Waals surface area (Å²) in [6, 6.07) is 5.04. The molecule has 94 valence electrons. The van der Waals surface area contributed by atoms with Crippen LogP contribution in [-0.2, 0) is 0 Å². The van der Waals surface area contributed by atoms with Gasteiger partial charge >= 0.3 is 0 Å². The van der Waals surface area contributed by atoms with Gasteiger partial charge in [0, 0.05) is 11.6 Å². The SMILES string of the molecule is CCNC(C)c1c(F)cccc1OCC1CC1. The Morgan fingerprint density at radius 3 is 2.88 bits per heavy atom. The first kappa shape index (κ1) is 12.4. The summed E-state index contributed by atoms with van der Waals surface area (Å²) >= 11 is 0. The van der Waals surface area contributed by atoms with E-state index in [1.165, 1.54) is 18.9 Å². The third-order valence-corrected chi connectivity index (χ3v) is 3.13. The van der Waals surface area contributed by atoms with Gasteiger partial charge in [-0.1, -0.05) is 13.0 Å². The molecular formula is C14H20FNO. The second kappa shape index (κ2) is 5.50. The molecule has 1 aliphatic carbocycles. The highest BCUT2D eigenvalue weighted by Crippen LogP contribution is 2.32. The molecule has 1 unspecified atom stereocenters. The zero-order valence-corrected chi connectivity index (χ0v) is 10.5. The fourth-order valence-corrected chi connectivity index (χ4v) is 1.96. The highest BCUT2D eigenvalue weighted by Gasteiger charge is 2.23. The second-order valence-electron chi connectivity index (χ2n) is 4.69. The first-order chi connectivity index (χ1) is 8.22. The number of halogens is 1. The second-order valence-corrected chi connectivity index (χ2v) is 4.69. The molecule has 1 aromatic rings. The van der Waals surface area contributed by atoms with Crippen LogP contribution in [0.2, 0.25) is 0 Å². The summed E-state index contributed by atoms with van der Waals surface area (Å²) in [7, 11) is 0. The highest BCUT2D eigenvalue weighted by molar-refractivity contribution is 5.37. The van der Waals surface area contributed by atoms with E-state index in [0.29, 0.717) is 17.2 Å². The van der Waals surface area contributed by atoms with Crippen LogP contribution in [0.4, 0.5) is 4.39 Å². The van der Waals surface area contributed by atoms with E-state index in [9.17, 15) is 4.39 Å². The largest absolute Gasteiger partial charge is 0.493 e. The first-order valence-corrected chi connectivity index (χ1v) is 6.37. The van der Waals surface area contributed by atoms with Gasteiger partial charge in [-0.3, -0.25) is 0 Å². The van der Waals surface area contributed by atoms with Crippen molar-refractivity contribution in [1.82, 2.24) is 5.32 Å². The van der Waals surface area contributed by atoms with Gasteiger partial charge in [0.15, 0.2) is 0 Å². The lowest BCUT2D eigenvalue weighted by Crippen LogP contribution is -2.20. The minimum atomic E-state index is -0.188. The molecule has 0 spiro atoms. The van der Waals surface area contributed by atoms with Crippen LogP contribution in [0.1, 0.15) is 38.3 Å². The van der Waals surface area contributed by atoms with Gasteiger partial charge in [-0.15, -0.1) is 0 Å². The average Bonchev–Trinajstić information content (AvgIpc) is 3.10. The maximum atomic E-state index is 13.8. The van der Waals surface area contributed by atoms with Crippen molar-refractivity contribution < 1.29 is 9.13 Å². The maximum Gasteiger partial charge on any atom is 0.131 e. The van der Waals surface area contributed by atoms with Crippen molar-refractivity contribution in [1.29, 1.82) is 0 Å². The van der Waals surface area contributed by atoms with Crippen LogP contribution in [-0.4, -0.2) is 13.2 Å². The van der Waals surface area contributed by atoms with Crippen molar-refractivity contribution in [2.75, 3.05) is 13.2 Å². The quantitative estimate of drug-likeness (QED) is 0.819. The molecule has 1 N–H and O–H groups in total. The minimum absolute atomic E-state index is 0.0181. The van der Waals surface area contributed by atoms with Crippen LogP contribution in [0.15, 0.2) is 18.2 Å². The predicted molar refractivity (Wildman–Crippen MR) is 66.7 cm³/mol. The first-order valence-electron chi connectivity index (χ1n) is 6.37. The molecule has 17 heavy (non-hydrogen) atoms. The normalized spacial score (nSPS) is 16.9. The van der Waals surface area contributed by atoms with Gasteiger partial charge in [-0.2, -0.15) is 0 Å². The fourth-order valence-electron chi connectivity index (χ4n) is 1.96. The lowest BCUT2D eigenvalue weighted by molar-refractivity contribution is 0.291. The summed E-state index contributed by atoms with van der Waals surface area (Å²) in [6.45, 7) is 5.51. The average molecular weight is 237 g/mol. The van der Waals surface area contributed by atoms with E-state index in [2.05, 4.69) is 5.32 Å². The predicted octanol–water partition coefficient (Wildman–Crippen LogP) is 3.29. The molecule has 0 aromatic heterocycles. The Morgan fingerprint density at radius 2 is 2.24 bits per heavy atom. The molecule has 1 aromatic carbocycles. The molecule has 1 fully saturated rings. The molecule has 0 heterocycles. The van der Waals surface area contributed by atoms with Crippen molar-refractivity contribution in [3.63, 3.8) is 0 Å². The Bertz CT molecular complexity index is 376. The zero-order chi connectivity index (χ0) is 12.3. The fraction of sp³-hybridized carbons (Fsp3) is 0.571. The number of rotatable bonds is 6. The Balaban J connectivity index is 2.13. The van der Waals surface area contributed by atoms with Crippen molar-refractivity contribution >= 4 is 0 Å². The Kier molecular flexibility index (Phi) is 4.00. The standard InChI is InChI=1S/C14H20FNO/c1-3-16-10(2)14-12(15)5-4-6-13(14)17-9-11-7-8-11/h4-6,10-11,16H,3,7-9H2,1-2H3. The number of hydrogen-bond donors (Lipinski definition) is 1.